The second-order valence-electron chi connectivity index (χ2n) is 6.87. The Kier molecular flexibility index (Phi) is 6.74. The van der Waals surface area contributed by atoms with E-state index in [4.69, 9.17) is 27.1 Å². The molecular formula is C22H21ClN4O4. The van der Waals surface area contributed by atoms with Gasteiger partial charge in [-0.2, -0.15) is 5.90 Å². The molecule has 0 atom stereocenters. The van der Waals surface area contributed by atoms with Crippen LogP contribution in [0.15, 0.2) is 60.4 Å². The standard InChI is InChI=1S/C22H21ClN4O4/c1-13(2)30-20-8-7-15(11-19(20)23)22(31-24)26-14(3)17-5-4-6-18-16(9-10-27(28)29)12-25-21(17)18/h4-13,25H,3,24H2,1-2H3/b10-9+,26-22-. The number of para-hydroxylation sites is 1. The van der Waals surface area contributed by atoms with Crippen molar-refractivity contribution in [3.63, 3.8) is 0 Å². The van der Waals surface area contributed by atoms with E-state index in [9.17, 15) is 10.1 Å². The number of fused-ring (bicyclic) bond motifs is 1. The SMILES string of the molecule is C=C(/N=C(\ON)c1ccc(OC(C)C)c(Cl)c1)c1cccc2c(/C=C/[N+](=O)[O-])c[nH]c12. The van der Waals surface area contributed by atoms with E-state index in [1.807, 2.05) is 32.0 Å². The lowest BCUT2D eigenvalue weighted by atomic mass is 10.1. The van der Waals surface area contributed by atoms with Crippen molar-refractivity contribution in [1.29, 1.82) is 0 Å². The normalized spacial score (nSPS) is 12.0. The van der Waals surface area contributed by atoms with Gasteiger partial charge >= 0.3 is 0 Å². The topological polar surface area (TPSA) is 116 Å². The highest BCUT2D eigenvalue weighted by Gasteiger charge is 2.13. The van der Waals surface area contributed by atoms with E-state index in [2.05, 4.69) is 16.6 Å². The van der Waals surface area contributed by atoms with Crippen molar-refractivity contribution in [2.24, 2.45) is 10.9 Å². The fourth-order valence-corrected chi connectivity index (χ4v) is 3.25. The van der Waals surface area contributed by atoms with Gasteiger partial charge in [-0.3, -0.25) is 10.1 Å². The van der Waals surface area contributed by atoms with Crippen LogP contribution in [0, 0.1) is 10.1 Å². The van der Waals surface area contributed by atoms with Crippen molar-refractivity contribution in [2.45, 2.75) is 20.0 Å². The summed E-state index contributed by atoms with van der Waals surface area (Å²) in [4.78, 5) is 22.6. The first-order chi connectivity index (χ1) is 14.8. The van der Waals surface area contributed by atoms with Gasteiger partial charge < -0.3 is 14.6 Å². The van der Waals surface area contributed by atoms with Crippen LogP contribution in [0.25, 0.3) is 22.7 Å². The summed E-state index contributed by atoms with van der Waals surface area (Å²) in [5.41, 5.74) is 3.04. The van der Waals surface area contributed by atoms with Crippen LogP contribution >= 0.6 is 11.6 Å². The Morgan fingerprint density at radius 2 is 2.13 bits per heavy atom. The Morgan fingerprint density at radius 3 is 2.77 bits per heavy atom. The van der Waals surface area contributed by atoms with Crippen LogP contribution in [-0.2, 0) is 4.84 Å². The fraction of sp³-hybridized carbons (Fsp3) is 0.136. The van der Waals surface area contributed by atoms with Gasteiger partial charge in [0.25, 0.3) is 0 Å². The van der Waals surface area contributed by atoms with Gasteiger partial charge in [0.05, 0.1) is 27.3 Å². The third-order valence-electron chi connectivity index (χ3n) is 4.32. The number of halogens is 1. The Labute approximate surface area is 183 Å². The second-order valence-corrected chi connectivity index (χ2v) is 7.27. The first-order valence-corrected chi connectivity index (χ1v) is 9.71. The first kappa shape index (κ1) is 22.1. The lowest BCUT2D eigenvalue weighted by molar-refractivity contribution is -0.400. The summed E-state index contributed by atoms with van der Waals surface area (Å²) < 4.78 is 5.64. The minimum Gasteiger partial charge on any atom is -0.489 e. The summed E-state index contributed by atoms with van der Waals surface area (Å²) in [7, 11) is 0. The number of aromatic amines is 1. The second kappa shape index (κ2) is 9.46. The van der Waals surface area contributed by atoms with E-state index in [0.29, 0.717) is 33.2 Å². The number of aliphatic imine (C=N–C) groups is 1. The van der Waals surface area contributed by atoms with Gasteiger partial charge in [-0.1, -0.05) is 36.4 Å². The van der Waals surface area contributed by atoms with Crippen LogP contribution in [-0.4, -0.2) is 21.9 Å². The van der Waals surface area contributed by atoms with Crippen LogP contribution < -0.4 is 10.6 Å². The van der Waals surface area contributed by atoms with E-state index in [-0.39, 0.29) is 12.0 Å². The molecule has 3 rings (SSSR count). The number of ether oxygens (including phenoxy) is 1. The Hall–Kier alpha value is -3.62. The van der Waals surface area contributed by atoms with E-state index in [1.165, 1.54) is 6.08 Å². The van der Waals surface area contributed by atoms with Crippen molar-refractivity contribution < 1.29 is 14.5 Å². The number of nitrogens with one attached hydrogen (secondary N) is 1. The van der Waals surface area contributed by atoms with Crippen molar-refractivity contribution in [2.75, 3.05) is 0 Å². The number of benzene rings is 2. The summed E-state index contributed by atoms with van der Waals surface area (Å²) in [6.07, 6.45) is 3.97. The van der Waals surface area contributed by atoms with Gasteiger partial charge in [-0.15, -0.1) is 0 Å². The molecular weight excluding hydrogens is 420 g/mol. The molecule has 0 aliphatic heterocycles. The van der Waals surface area contributed by atoms with Gasteiger partial charge in [0.1, 0.15) is 5.75 Å². The smallest absolute Gasteiger partial charge is 0.245 e. The van der Waals surface area contributed by atoms with Crippen molar-refractivity contribution >= 4 is 40.2 Å². The summed E-state index contributed by atoms with van der Waals surface area (Å²) in [6, 6.07) is 10.6. The largest absolute Gasteiger partial charge is 0.489 e. The molecule has 0 saturated heterocycles. The zero-order chi connectivity index (χ0) is 22.5. The number of nitrogens with zero attached hydrogens (tertiary/aromatic N) is 2. The molecule has 0 spiro atoms. The fourth-order valence-electron chi connectivity index (χ4n) is 3.02. The maximum Gasteiger partial charge on any atom is 0.245 e. The molecule has 0 amide bonds. The van der Waals surface area contributed by atoms with Crippen molar-refractivity contribution in [1.82, 2.24) is 4.98 Å². The molecule has 31 heavy (non-hydrogen) atoms. The Morgan fingerprint density at radius 1 is 1.35 bits per heavy atom. The van der Waals surface area contributed by atoms with Gasteiger partial charge in [0.2, 0.25) is 12.1 Å². The quantitative estimate of drug-likeness (QED) is 0.228. The number of aromatic nitrogens is 1. The molecule has 0 saturated carbocycles. The predicted molar refractivity (Wildman–Crippen MR) is 122 cm³/mol. The minimum absolute atomic E-state index is 0.0200. The molecule has 0 bridgehead atoms. The molecule has 0 aliphatic carbocycles. The van der Waals surface area contributed by atoms with Gasteiger partial charge in [0.15, 0.2) is 0 Å². The van der Waals surface area contributed by atoms with Gasteiger partial charge in [-0.05, 0) is 32.0 Å². The Balaban J connectivity index is 1.96. The maximum atomic E-state index is 10.6. The highest BCUT2D eigenvalue weighted by Crippen LogP contribution is 2.29. The molecule has 2 aromatic carbocycles. The minimum atomic E-state index is -0.515. The lowest BCUT2D eigenvalue weighted by Gasteiger charge is -2.13. The monoisotopic (exact) mass is 440 g/mol. The maximum absolute atomic E-state index is 10.6. The summed E-state index contributed by atoms with van der Waals surface area (Å²) in [5, 5.41) is 11.8. The number of rotatable bonds is 7. The number of hydrogen-bond acceptors (Lipinski definition) is 6. The zero-order valence-corrected chi connectivity index (χ0v) is 17.7. The van der Waals surface area contributed by atoms with Crippen LogP contribution in [0.1, 0.15) is 30.5 Å². The molecule has 3 N–H and O–H groups in total. The highest BCUT2D eigenvalue weighted by atomic mass is 35.5. The third kappa shape index (κ3) is 5.11. The molecule has 1 aromatic heterocycles. The lowest BCUT2D eigenvalue weighted by Crippen LogP contribution is -2.13. The first-order valence-electron chi connectivity index (χ1n) is 9.33. The van der Waals surface area contributed by atoms with E-state index < -0.39 is 4.92 Å². The summed E-state index contributed by atoms with van der Waals surface area (Å²) >= 11 is 6.30. The number of H-pyrrole nitrogens is 1. The number of hydrogen-bond donors (Lipinski definition) is 2. The average Bonchev–Trinajstić information content (AvgIpc) is 3.14. The molecule has 9 heteroatoms. The van der Waals surface area contributed by atoms with Gasteiger partial charge in [0, 0.05) is 34.3 Å². The summed E-state index contributed by atoms with van der Waals surface area (Å²) in [6.45, 7) is 7.84. The highest BCUT2D eigenvalue weighted by molar-refractivity contribution is 6.32. The average molecular weight is 441 g/mol. The molecule has 0 fully saturated rings. The van der Waals surface area contributed by atoms with Crippen LogP contribution in [0.2, 0.25) is 5.02 Å². The van der Waals surface area contributed by atoms with Crippen LogP contribution in [0.4, 0.5) is 0 Å². The van der Waals surface area contributed by atoms with Crippen LogP contribution in [0.3, 0.4) is 0 Å². The van der Waals surface area contributed by atoms with Crippen LogP contribution in [0.5, 0.6) is 5.75 Å². The third-order valence-corrected chi connectivity index (χ3v) is 4.62. The molecule has 3 aromatic rings. The van der Waals surface area contributed by atoms with Crippen molar-refractivity contribution in [3.8, 4) is 5.75 Å². The number of nitrogens with two attached hydrogens (primary N) is 1. The molecule has 0 unspecified atom stereocenters. The zero-order valence-electron chi connectivity index (χ0n) is 17.0. The van der Waals surface area contributed by atoms with Gasteiger partial charge in [-0.25, -0.2) is 4.99 Å². The summed E-state index contributed by atoms with van der Waals surface area (Å²) in [5.74, 6) is 6.13. The van der Waals surface area contributed by atoms with E-state index >= 15 is 0 Å². The number of nitro groups is 1. The molecule has 8 nitrogen and oxygen atoms in total. The molecule has 0 radical (unpaired) electrons. The Bertz CT molecular complexity index is 1200. The van der Waals surface area contributed by atoms with E-state index in [0.717, 1.165) is 17.1 Å². The predicted octanol–water partition coefficient (Wildman–Crippen LogP) is 5.16. The van der Waals surface area contributed by atoms with E-state index in [1.54, 1.807) is 24.4 Å². The molecule has 160 valence electrons. The molecule has 1 heterocycles. The molecule has 0 aliphatic rings. The van der Waals surface area contributed by atoms with Crippen molar-refractivity contribution in [3.05, 3.63) is 87.2 Å².